The van der Waals surface area contributed by atoms with E-state index in [1.807, 2.05) is 25.1 Å². The zero-order valence-electron chi connectivity index (χ0n) is 26.3. The van der Waals surface area contributed by atoms with E-state index >= 15 is 0 Å². The maximum Gasteiger partial charge on any atom is 0.167 e. The molecule has 1 saturated carbocycles. The van der Waals surface area contributed by atoms with Crippen LogP contribution in [0, 0.1) is 5.92 Å². The number of nitrogen functional groups attached to an aromatic ring is 1. The van der Waals surface area contributed by atoms with Crippen LogP contribution in [-0.4, -0.2) is 117 Å². The molecule has 14 nitrogen and oxygen atoms in total. The van der Waals surface area contributed by atoms with Crippen LogP contribution < -0.4 is 5.73 Å². The van der Waals surface area contributed by atoms with Gasteiger partial charge in [0.1, 0.15) is 36.0 Å². The second kappa shape index (κ2) is 13.6. The average Bonchev–Trinajstić information content (AvgIpc) is 3.72. The number of aliphatic hydroxyl groups is 5. The Bertz CT molecular complexity index is 1570. The number of fused-ring (bicyclic) bond motifs is 2. The minimum atomic E-state index is -1.14. The van der Waals surface area contributed by atoms with E-state index in [2.05, 4.69) is 38.7 Å². The number of aromatic nitrogens is 6. The Hall–Kier alpha value is -3.24. The molecule has 6 rings (SSSR count). The number of nitrogens with zero attached hydrogens (tertiary/aromatic N) is 6. The maximum atomic E-state index is 10.9. The van der Waals surface area contributed by atoms with E-state index in [4.69, 9.17) is 20.6 Å². The smallest absolute Gasteiger partial charge is 0.167 e. The van der Waals surface area contributed by atoms with Gasteiger partial charge in [0, 0.05) is 37.6 Å². The molecule has 2 fully saturated rings. The first kappa shape index (κ1) is 33.1. The molecule has 45 heavy (non-hydrogen) atoms. The number of nitrogens with one attached hydrogen (secondary N) is 1. The summed E-state index contributed by atoms with van der Waals surface area (Å²) in [6.07, 6.45) is 3.21. The highest BCUT2D eigenvalue weighted by Gasteiger charge is 2.46. The number of aromatic amines is 1. The molecule has 0 bridgehead atoms. The van der Waals surface area contributed by atoms with Crippen LogP contribution in [0.25, 0.3) is 22.2 Å². The van der Waals surface area contributed by atoms with Crippen LogP contribution >= 0.6 is 0 Å². The van der Waals surface area contributed by atoms with Crippen molar-refractivity contribution in [2.45, 2.75) is 88.5 Å². The number of H-pyrrole nitrogens is 1. The molecular formula is C31H46N8O6. The predicted octanol–water partition coefficient (Wildman–Crippen LogP) is 0.877. The normalized spacial score (nSPS) is 25.2. The van der Waals surface area contributed by atoms with Gasteiger partial charge in [-0.2, -0.15) is 0 Å². The van der Waals surface area contributed by atoms with Gasteiger partial charge in [0.2, 0.25) is 0 Å². The first-order valence-corrected chi connectivity index (χ1v) is 15.5. The van der Waals surface area contributed by atoms with Crippen LogP contribution in [0.15, 0.2) is 30.9 Å². The SMILES string of the molecule is CC(C)N(C[C@H]1O[C@@H](n2cnc3c(N)ncnc32)[C@H](O)[C@@H]1O)C1CC(CCc2nc3ccc(C(C)(CO)CO)cc3[nH]2)C1.CO. The Kier molecular flexibility index (Phi) is 10.0. The molecule has 0 unspecified atom stereocenters. The largest absolute Gasteiger partial charge is 0.400 e. The molecule has 4 heterocycles. The van der Waals surface area contributed by atoms with E-state index in [9.17, 15) is 20.4 Å². The molecule has 0 radical (unpaired) electrons. The Labute approximate surface area is 261 Å². The van der Waals surface area contributed by atoms with Crippen molar-refractivity contribution in [1.29, 1.82) is 0 Å². The lowest BCUT2D eigenvalue weighted by Gasteiger charge is -2.46. The van der Waals surface area contributed by atoms with E-state index in [1.165, 1.54) is 12.7 Å². The van der Waals surface area contributed by atoms with E-state index in [-0.39, 0.29) is 25.1 Å². The minimum Gasteiger partial charge on any atom is -0.400 e. The van der Waals surface area contributed by atoms with Crippen LogP contribution in [0.4, 0.5) is 5.82 Å². The second-order valence-electron chi connectivity index (χ2n) is 12.7. The molecular weight excluding hydrogens is 580 g/mol. The molecule has 8 N–H and O–H groups in total. The van der Waals surface area contributed by atoms with Gasteiger partial charge >= 0.3 is 0 Å². The number of aliphatic hydroxyl groups excluding tert-OH is 5. The fraction of sp³-hybridized carbons (Fsp3) is 0.613. The van der Waals surface area contributed by atoms with Crippen molar-refractivity contribution < 1.29 is 30.3 Å². The summed E-state index contributed by atoms with van der Waals surface area (Å²) in [4.78, 5) is 23.0. The van der Waals surface area contributed by atoms with Crippen LogP contribution in [0.3, 0.4) is 0 Å². The molecule has 14 heteroatoms. The van der Waals surface area contributed by atoms with Crippen molar-refractivity contribution in [2.75, 3.05) is 32.6 Å². The molecule has 0 amide bonds. The fourth-order valence-corrected chi connectivity index (χ4v) is 6.49. The highest BCUT2D eigenvalue weighted by molar-refractivity contribution is 5.81. The second-order valence-corrected chi connectivity index (χ2v) is 12.7. The summed E-state index contributed by atoms with van der Waals surface area (Å²) in [6.45, 7) is 6.37. The zero-order valence-corrected chi connectivity index (χ0v) is 26.3. The summed E-state index contributed by atoms with van der Waals surface area (Å²) < 4.78 is 7.83. The summed E-state index contributed by atoms with van der Waals surface area (Å²) in [5.41, 5.74) is 8.77. The van der Waals surface area contributed by atoms with Crippen LogP contribution in [0.2, 0.25) is 0 Å². The van der Waals surface area contributed by atoms with Gasteiger partial charge < -0.3 is 41.0 Å². The van der Waals surface area contributed by atoms with Crippen LogP contribution in [0.5, 0.6) is 0 Å². The number of benzene rings is 1. The number of rotatable bonds is 11. The topological polar surface area (TPSA) is 212 Å². The average molecular weight is 627 g/mol. The number of anilines is 1. The molecule has 4 aromatic rings. The number of imidazole rings is 2. The number of nitrogens with two attached hydrogens (primary N) is 1. The number of ether oxygens (including phenoxy) is 1. The van der Waals surface area contributed by atoms with Crippen molar-refractivity contribution in [1.82, 2.24) is 34.4 Å². The van der Waals surface area contributed by atoms with Crippen molar-refractivity contribution >= 4 is 28.0 Å². The molecule has 246 valence electrons. The maximum absolute atomic E-state index is 10.9. The van der Waals surface area contributed by atoms with Gasteiger partial charge in [0.25, 0.3) is 0 Å². The third kappa shape index (κ3) is 6.41. The van der Waals surface area contributed by atoms with E-state index in [1.54, 1.807) is 4.57 Å². The van der Waals surface area contributed by atoms with Gasteiger partial charge in [0.15, 0.2) is 17.7 Å². The summed E-state index contributed by atoms with van der Waals surface area (Å²) in [5, 5.41) is 48.3. The van der Waals surface area contributed by atoms with Crippen molar-refractivity contribution in [3.63, 3.8) is 0 Å². The molecule has 1 saturated heterocycles. The highest BCUT2D eigenvalue weighted by atomic mass is 16.6. The van der Waals surface area contributed by atoms with Gasteiger partial charge in [0.05, 0.1) is 30.6 Å². The van der Waals surface area contributed by atoms with Gasteiger partial charge in [-0.25, -0.2) is 19.9 Å². The van der Waals surface area contributed by atoms with Crippen molar-refractivity contribution in [3.8, 4) is 0 Å². The number of aryl methyl sites for hydroxylation is 1. The summed E-state index contributed by atoms with van der Waals surface area (Å²) in [6, 6.07) is 6.44. The van der Waals surface area contributed by atoms with Crippen LogP contribution in [-0.2, 0) is 16.6 Å². The third-order valence-corrected chi connectivity index (χ3v) is 9.45. The molecule has 1 aliphatic heterocycles. The first-order chi connectivity index (χ1) is 21.6. The van der Waals surface area contributed by atoms with Crippen LogP contribution in [0.1, 0.15) is 57.6 Å². The summed E-state index contributed by atoms with van der Waals surface area (Å²) in [5.74, 6) is 1.75. The Morgan fingerprint density at radius 2 is 1.84 bits per heavy atom. The van der Waals surface area contributed by atoms with Gasteiger partial charge in [-0.1, -0.05) is 13.0 Å². The standard InChI is InChI=1S/C30H42N8O5.CH4O/c1-16(2)37(11-22-25(41)26(42)29(43-22)38-15-34-24-27(31)32-14-33-28(24)38)19-8-17(9-19)4-7-23-35-20-6-5-18(10-21(20)36-23)30(3,12-39)13-40;1-2/h5-6,10,14-17,19,22,25-26,29,39-42H,4,7-9,11-13H2,1-3H3,(H,35,36)(H2,31,32,33);2H,1H3/t17?,19?,22-,25-,26-,29-;/m1./s1. The fourth-order valence-electron chi connectivity index (χ4n) is 6.49. The Balaban J connectivity index is 0.00000196. The summed E-state index contributed by atoms with van der Waals surface area (Å²) >= 11 is 0. The molecule has 4 atom stereocenters. The number of hydrogen-bond donors (Lipinski definition) is 7. The molecule has 3 aromatic heterocycles. The lowest BCUT2D eigenvalue weighted by molar-refractivity contribution is -0.0620. The zero-order chi connectivity index (χ0) is 32.5. The van der Waals surface area contributed by atoms with Gasteiger partial charge in [-0.05, 0) is 56.7 Å². The van der Waals surface area contributed by atoms with Gasteiger partial charge in [-0.3, -0.25) is 9.47 Å². The quantitative estimate of drug-likeness (QED) is 0.124. The van der Waals surface area contributed by atoms with Gasteiger partial charge in [-0.15, -0.1) is 0 Å². The van der Waals surface area contributed by atoms with E-state index < -0.39 is 30.0 Å². The third-order valence-electron chi connectivity index (χ3n) is 9.45. The number of hydrogen-bond acceptors (Lipinski definition) is 12. The lowest BCUT2D eigenvalue weighted by atomic mass is 9.76. The first-order valence-electron chi connectivity index (χ1n) is 15.5. The Morgan fingerprint density at radius 1 is 1.11 bits per heavy atom. The molecule has 2 aliphatic rings. The van der Waals surface area contributed by atoms with Crippen molar-refractivity contribution in [2.24, 2.45) is 5.92 Å². The molecule has 1 aliphatic carbocycles. The predicted molar refractivity (Wildman–Crippen MR) is 168 cm³/mol. The van der Waals surface area contributed by atoms with E-state index in [0.717, 1.165) is 55.2 Å². The minimum absolute atomic E-state index is 0.133. The molecule has 0 spiro atoms. The highest BCUT2D eigenvalue weighted by Crippen LogP contribution is 2.38. The Morgan fingerprint density at radius 3 is 2.53 bits per heavy atom. The summed E-state index contributed by atoms with van der Waals surface area (Å²) in [7, 11) is 1.00. The van der Waals surface area contributed by atoms with Crippen molar-refractivity contribution in [3.05, 3.63) is 42.2 Å². The monoisotopic (exact) mass is 626 g/mol. The molecule has 1 aromatic carbocycles. The van der Waals surface area contributed by atoms with E-state index in [0.29, 0.717) is 29.7 Å². The lowest BCUT2D eigenvalue weighted by Crippen LogP contribution is -2.52.